The maximum atomic E-state index is 11.8. The Balaban J connectivity index is 3.13. The zero-order valence-electron chi connectivity index (χ0n) is 9.78. The summed E-state index contributed by atoms with van der Waals surface area (Å²) in [5, 5.41) is -0.311. The zero-order valence-corrected chi connectivity index (χ0v) is 12.1. The van der Waals surface area contributed by atoms with E-state index in [9.17, 15) is 13.2 Å². The van der Waals surface area contributed by atoms with Crippen molar-refractivity contribution in [2.75, 3.05) is 24.0 Å². The minimum absolute atomic E-state index is 0.219. The van der Waals surface area contributed by atoms with E-state index in [4.69, 9.17) is 23.2 Å². The van der Waals surface area contributed by atoms with Gasteiger partial charge in [0.15, 0.2) is 0 Å². The molecule has 0 saturated heterocycles. The lowest BCUT2D eigenvalue weighted by atomic mass is 10.2. The first kappa shape index (κ1) is 15.1. The van der Waals surface area contributed by atoms with Gasteiger partial charge in [-0.2, -0.15) is 0 Å². The van der Waals surface area contributed by atoms with Crippen molar-refractivity contribution >= 4 is 44.8 Å². The first-order valence-electron chi connectivity index (χ1n) is 4.84. The first-order valence-corrected chi connectivity index (χ1v) is 7.41. The molecule has 0 fully saturated rings. The SMILES string of the molecule is CN(C)C(=O)c1cc(NS(=O)(=O)CCl)ccc1Cl. The molecule has 1 rings (SSSR count). The van der Waals surface area contributed by atoms with E-state index in [2.05, 4.69) is 4.72 Å². The van der Waals surface area contributed by atoms with Crippen LogP contribution in [0.4, 0.5) is 5.69 Å². The second-order valence-electron chi connectivity index (χ2n) is 3.72. The highest BCUT2D eigenvalue weighted by atomic mass is 35.5. The molecule has 5 nitrogen and oxygen atoms in total. The van der Waals surface area contributed by atoms with E-state index >= 15 is 0 Å². The number of nitrogens with one attached hydrogen (secondary N) is 1. The summed E-state index contributed by atoms with van der Waals surface area (Å²) in [6.07, 6.45) is 0. The summed E-state index contributed by atoms with van der Waals surface area (Å²) in [7, 11) is -0.445. The molecule has 0 aliphatic rings. The smallest absolute Gasteiger partial charge is 0.254 e. The van der Waals surface area contributed by atoms with Crippen LogP contribution in [0.25, 0.3) is 0 Å². The molecule has 1 aromatic carbocycles. The topological polar surface area (TPSA) is 66.5 Å². The van der Waals surface area contributed by atoms with Crippen LogP contribution in [0.3, 0.4) is 0 Å². The third kappa shape index (κ3) is 3.76. The van der Waals surface area contributed by atoms with Gasteiger partial charge in [-0.15, -0.1) is 11.6 Å². The highest BCUT2D eigenvalue weighted by molar-refractivity contribution is 7.93. The molecule has 1 N–H and O–H groups in total. The maximum Gasteiger partial charge on any atom is 0.254 e. The van der Waals surface area contributed by atoms with E-state index in [1.165, 1.54) is 23.1 Å². The number of hydrogen-bond acceptors (Lipinski definition) is 3. The molecule has 18 heavy (non-hydrogen) atoms. The van der Waals surface area contributed by atoms with Crippen molar-refractivity contribution in [2.45, 2.75) is 0 Å². The molecule has 1 aromatic rings. The van der Waals surface area contributed by atoms with Crippen molar-refractivity contribution in [1.82, 2.24) is 4.90 Å². The molecular formula is C10H12Cl2N2O3S. The van der Waals surface area contributed by atoms with Crippen LogP contribution in [-0.2, 0) is 10.0 Å². The summed E-state index contributed by atoms with van der Waals surface area (Å²) in [4.78, 5) is 13.1. The van der Waals surface area contributed by atoms with Gasteiger partial charge in [-0.1, -0.05) is 11.6 Å². The number of anilines is 1. The predicted octanol–water partition coefficient (Wildman–Crippen LogP) is 1.98. The number of hydrogen-bond donors (Lipinski definition) is 1. The molecule has 0 unspecified atom stereocenters. The monoisotopic (exact) mass is 310 g/mol. The van der Waals surface area contributed by atoms with Gasteiger partial charge in [0.05, 0.1) is 10.6 Å². The van der Waals surface area contributed by atoms with Gasteiger partial charge in [0, 0.05) is 19.8 Å². The van der Waals surface area contributed by atoms with Crippen molar-refractivity contribution in [3.8, 4) is 0 Å². The number of benzene rings is 1. The van der Waals surface area contributed by atoms with Crippen LogP contribution in [0.2, 0.25) is 5.02 Å². The summed E-state index contributed by atoms with van der Waals surface area (Å²) < 4.78 is 24.8. The van der Waals surface area contributed by atoms with Gasteiger partial charge in [-0.25, -0.2) is 8.42 Å². The number of rotatable bonds is 4. The average molecular weight is 311 g/mol. The molecule has 100 valence electrons. The summed E-state index contributed by atoms with van der Waals surface area (Å²) in [6, 6.07) is 4.28. The molecule has 0 aromatic heterocycles. The van der Waals surface area contributed by atoms with Crippen LogP contribution in [0, 0.1) is 0 Å². The Bertz CT molecular complexity index is 558. The lowest BCUT2D eigenvalue weighted by Crippen LogP contribution is -2.22. The maximum absolute atomic E-state index is 11.8. The standard InChI is InChI=1S/C10H12Cl2N2O3S/c1-14(2)10(15)8-5-7(3-4-9(8)12)13-18(16,17)6-11/h3-5,13H,6H2,1-2H3. The van der Waals surface area contributed by atoms with E-state index < -0.39 is 15.2 Å². The van der Waals surface area contributed by atoms with Gasteiger partial charge in [0.2, 0.25) is 10.0 Å². The molecule has 0 spiro atoms. The van der Waals surface area contributed by atoms with Crippen LogP contribution in [-0.4, -0.2) is 38.5 Å². The molecule has 8 heteroatoms. The number of nitrogens with zero attached hydrogens (tertiary/aromatic N) is 1. The molecule has 0 heterocycles. The Hall–Kier alpha value is -0.980. The highest BCUT2D eigenvalue weighted by Crippen LogP contribution is 2.22. The molecule has 0 bridgehead atoms. The van der Waals surface area contributed by atoms with Crippen molar-refractivity contribution in [2.24, 2.45) is 0 Å². The van der Waals surface area contributed by atoms with Crippen LogP contribution >= 0.6 is 23.2 Å². The quantitative estimate of drug-likeness (QED) is 0.865. The summed E-state index contributed by atoms with van der Waals surface area (Å²) in [5.41, 5.74) is 0.460. The summed E-state index contributed by atoms with van der Waals surface area (Å²) >= 11 is 11.2. The number of sulfonamides is 1. The number of alkyl halides is 1. The Morgan fingerprint density at radius 1 is 1.39 bits per heavy atom. The van der Waals surface area contributed by atoms with Gasteiger partial charge in [0.25, 0.3) is 5.91 Å². The average Bonchev–Trinajstić information content (AvgIpc) is 2.30. The molecule has 0 saturated carbocycles. The van der Waals surface area contributed by atoms with E-state index in [1.807, 2.05) is 0 Å². The van der Waals surface area contributed by atoms with Crippen molar-refractivity contribution in [3.05, 3.63) is 28.8 Å². The van der Waals surface area contributed by atoms with E-state index in [0.717, 1.165) is 0 Å². The van der Waals surface area contributed by atoms with E-state index in [0.29, 0.717) is 0 Å². The number of carbonyl (C=O) groups is 1. The second-order valence-corrected chi connectivity index (χ2v) is 6.43. The fourth-order valence-electron chi connectivity index (χ4n) is 1.20. The number of halogens is 2. The third-order valence-corrected chi connectivity index (χ3v) is 4.05. The largest absolute Gasteiger partial charge is 0.345 e. The fraction of sp³-hybridized carbons (Fsp3) is 0.300. The Morgan fingerprint density at radius 3 is 2.50 bits per heavy atom. The van der Waals surface area contributed by atoms with Crippen LogP contribution in [0.1, 0.15) is 10.4 Å². The Morgan fingerprint density at radius 2 is 2.00 bits per heavy atom. The molecule has 0 atom stereocenters. The fourth-order valence-corrected chi connectivity index (χ4v) is 2.10. The number of carbonyl (C=O) groups excluding carboxylic acids is 1. The van der Waals surface area contributed by atoms with Crippen molar-refractivity contribution in [1.29, 1.82) is 0 Å². The van der Waals surface area contributed by atoms with Gasteiger partial charge in [-0.05, 0) is 18.2 Å². The number of amides is 1. The Kier molecular flexibility index (Phi) is 4.84. The highest BCUT2D eigenvalue weighted by Gasteiger charge is 2.15. The van der Waals surface area contributed by atoms with Gasteiger partial charge in [0.1, 0.15) is 5.21 Å². The normalized spacial score (nSPS) is 11.1. The summed E-state index contributed by atoms with van der Waals surface area (Å²) in [6.45, 7) is 0. The summed E-state index contributed by atoms with van der Waals surface area (Å²) in [5.74, 6) is -0.313. The first-order chi connectivity index (χ1) is 8.26. The third-order valence-electron chi connectivity index (χ3n) is 2.02. The van der Waals surface area contributed by atoms with Crippen LogP contribution < -0.4 is 4.72 Å². The molecule has 0 radical (unpaired) electrons. The van der Waals surface area contributed by atoms with Crippen LogP contribution in [0.5, 0.6) is 0 Å². The van der Waals surface area contributed by atoms with E-state index in [-0.39, 0.29) is 22.2 Å². The zero-order chi connectivity index (χ0) is 13.9. The van der Waals surface area contributed by atoms with Crippen molar-refractivity contribution in [3.63, 3.8) is 0 Å². The minimum atomic E-state index is -3.60. The molecule has 1 amide bonds. The predicted molar refractivity (Wildman–Crippen MR) is 72.7 cm³/mol. The van der Waals surface area contributed by atoms with Crippen LogP contribution in [0.15, 0.2) is 18.2 Å². The minimum Gasteiger partial charge on any atom is -0.345 e. The molecule has 0 aliphatic heterocycles. The second kappa shape index (κ2) is 5.77. The lowest BCUT2D eigenvalue weighted by Gasteiger charge is -2.13. The lowest BCUT2D eigenvalue weighted by molar-refractivity contribution is 0.0828. The van der Waals surface area contributed by atoms with E-state index in [1.54, 1.807) is 14.1 Å². The van der Waals surface area contributed by atoms with Crippen molar-refractivity contribution < 1.29 is 13.2 Å². The van der Waals surface area contributed by atoms with Gasteiger partial charge < -0.3 is 4.90 Å². The Labute approximate surface area is 116 Å². The van der Waals surface area contributed by atoms with Gasteiger partial charge in [-0.3, -0.25) is 9.52 Å². The molecule has 0 aliphatic carbocycles. The van der Waals surface area contributed by atoms with Gasteiger partial charge >= 0.3 is 0 Å². The molecular weight excluding hydrogens is 299 g/mol.